The van der Waals surface area contributed by atoms with Crippen LogP contribution in [0.25, 0.3) is 16.5 Å². The summed E-state index contributed by atoms with van der Waals surface area (Å²) < 4.78 is 30.6. The fraction of sp³-hybridized carbons (Fsp3) is 0.304. The maximum absolute atomic E-state index is 12.6. The number of likely N-dealkylation sites (N-methyl/N-ethyl adjacent to an activating group) is 1. The fourth-order valence-electron chi connectivity index (χ4n) is 4.60. The molecule has 0 bridgehead atoms. The molecule has 5 nitrogen and oxygen atoms in total. The van der Waals surface area contributed by atoms with Gasteiger partial charge in [0, 0.05) is 35.6 Å². The maximum Gasteiger partial charge on any atom is 0.296 e. The van der Waals surface area contributed by atoms with Crippen LogP contribution < -0.4 is 0 Å². The van der Waals surface area contributed by atoms with E-state index in [1.165, 1.54) is 22.1 Å². The van der Waals surface area contributed by atoms with E-state index < -0.39 is 10.1 Å². The van der Waals surface area contributed by atoms with Gasteiger partial charge in [-0.1, -0.05) is 35.9 Å². The van der Waals surface area contributed by atoms with Crippen LogP contribution in [0.2, 0.25) is 0 Å². The van der Waals surface area contributed by atoms with E-state index in [9.17, 15) is 8.42 Å². The number of nitrogens with one attached hydrogen (secondary N) is 1. The van der Waals surface area contributed by atoms with E-state index in [2.05, 4.69) is 47.4 Å². The minimum atomic E-state index is -3.76. The second kappa shape index (κ2) is 6.83. The predicted octanol–water partition coefficient (Wildman–Crippen LogP) is 3.75. The van der Waals surface area contributed by atoms with Gasteiger partial charge in [0.15, 0.2) is 0 Å². The molecule has 1 aliphatic heterocycles. The zero-order chi connectivity index (χ0) is 20.2. The topological polar surface area (TPSA) is 62.4 Å². The lowest BCUT2D eigenvalue weighted by molar-refractivity contribution is 0.196. The molecule has 1 aliphatic carbocycles. The van der Waals surface area contributed by atoms with E-state index in [0.717, 1.165) is 24.0 Å². The van der Waals surface area contributed by atoms with E-state index in [1.54, 1.807) is 24.3 Å². The van der Waals surface area contributed by atoms with Gasteiger partial charge in [-0.25, -0.2) is 0 Å². The third kappa shape index (κ3) is 3.21. The minimum Gasteiger partial charge on any atom is -0.361 e. The van der Waals surface area contributed by atoms with Gasteiger partial charge >= 0.3 is 0 Å². The third-order valence-corrected chi connectivity index (χ3v) is 7.38. The van der Waals surface area contributed by atoms with Crippen molar-refractivity contribution in [3.8, 4) is 0 Å². The number of benzene rings is 2. The zero-order valence-electron chi connectivity index (χ0n) is 16.6. The maximum atomic E-state index is 12.6. The third-order valence-electron chi connectivity index (χ3n) is 6.09. The van der Waals surface area contributed by atoms with Crippen molar-refractivity contribution in [3.05, 3.63) is 71.4 Å². The number of aromatic nitrogens is 1. The van der Waals surface area contributed by atoms with Crippen molar-refractivity contribution in [1.82, 2.24) is 9.88 Å². The van der Waals surface area contributed by atoms with Crippen LogP contribution in [0.1, 0.15) is 16.7 Å². The fourth-order valence-corrected chi connectivity index (χ4v) is 5.56. The first-order valence-corrected chi connectivity index (χ1v) is 11.3. The van der Waals surface area contributed by atoms with Gasteiger partial charge in [0.2, 0.25) is 0 Å². The highest BCUT2D eigenvalue weighted by Crippen LogP contribution is 2.40. The average Bonchev–Trinajstić information content (AvgIpc) is 3.12. The molecule has 2 heterocycles. The molecule has 1 N–H and O–H groups in total. The van der Waals surface area contributed by atoms with E-state index in [1.807, 2.05) is 6.92 Å². The Morgan fingerprint density at radius 2 is 1.97 bits per heavy atom. The molecule has 2 aromatic carbocycles. The van der Waals surface area contributed by atoms with Crippen LogP contribution >= 0.6 is 0 Å². The lowest BCUT2D eigenvalue weighted by atomic mass is 9.80. The van der Waals surface area contributed by atoms with Crippen LogP contribution in [0.3, 0.4) is 0 Å². The van der Waals surface area contributed by atoms with Crippen molar-refractivity contribution >= 4 is 26.6 Å². The smallest absolute Gasteiger partial charge is 0.296 e. The van der Waals surface area contributed by atoms with Crippen molar-refractivity contribution in [2.24, 2.45) is 5.92 Å². The quantitative estimate of drug-likeness (QED) is 0.668. The molecule has 0 spiro atoms. The van der Waals surface area contributed by atoms with Crippen LogP contribution in [-0.4, -0.2) is 44.5 Å². The molecule has 0 radical (unpaired) electrons. The summed E-state index contributed by atoms with van der Waals surface area (Å²) in [5.74, 6) is 0.0159. The molecule has 2 aliphatic rings. The monoisotopic (exact) mass is 408 g/mol. The Labute approximate surface area is 171 Å². The molecule has 0 unspecified atom stereocenters. The Morgan fingerprint density at radius 1 is 1.17 bits per heavy atom. The van der Waals surface area contributed by atoms with Gasteiger partial charge in [-0.05, 0) is 55.3 Å². The summed E-state index contributed by atoms with van der Waals surface area (Å²) >= 11 is 0. The molecule has 2 atom stereocenters. The molecule has 3 aromatic rings. The van der Waals surface area contributed by atoms with Gasteiger partial charge in [0.25, 0.3) is 10.1 Å². The van der Waals surface area contributed by atoms with Gasteiger partial charge < -0.3 is 4.98 Å². The zero-order valence-corrected chi connectivity index (χ0v) is 17.4. The number of aromatic amines is 1. The minimum absolute atomic E-state index is 0.0159. The number of rotatable bonds is 4. The van der Waals surface area contributed by atoms with Crippen molar-refractivity contribution in [3.63, 3.8) is 0 Å². The summed E-state index contributed by atoms with van der Waals surface area (Å²) in [6.45, 7) is 2.85. The van der Waals surface area contributed by atoms with E-state index >= 15 is 0 Å². The van der Waals surface area contributed by atoms with Gasteiger partial charge in [-0.15, -0.1) is 0 Å². The highest BCUT2D eigenvalue weighted by molar-refractivity contribution is 7.86. The summed E-state index contributed by atoms with van der Waals surface area (Å²) in [6, 6.07) is 13.4. The van der Waals surface area contributed by atoms with Gasteiger partial charge in [0.05, 0.1) is 11.5 Å². The number of hydrogen-bond donors (Lipinski definition) is 1. The van der Waals surface area contributed by atoms with E-state index in [-0.39, 0.29) is 17.4 Å². The van der Waals surface area contributed by atoms with Crippen LogP contribution in [0.5, 0.6) is 0 Å². The molecule has 150 valence electrons. The molecule has 5 rings (SSSR count). The Kier molecular flexibility index (Phi) is 4.38. The molecular weight excluding hydrogens is 384 g/mol. The highest BCUT2D eigenvalue weighted by atomic mass is 32.2. The number of hydrogen-bond acceptors (Lipinski definition) is 4. The number of fused-ring (bicyclic) bond motifs is 2. The Hall–Kier alpha value is -2.41. The summed E-state index contributed by atoms with van der Waals surface area (Å²) in [6.07, 6.45) is 5.30. The van der Waals surface area contributed by atoms with Crippen LogP contribution in [-0.2, 0) is 20.7 Å². The van der Waals surface area contributed by atoms with E-state index in [0.29, 0.717) is 6.04 Å². The molecular formula is C23H24N2O3S. The van der Waals surface area contributed by atoms with Crippen LogP contribution in [0, 0.1) is 12.8 Å². The SMILES string of the molecule is Cc1ccc(S(=O)(=O)OC[C@H]2C=C3c4cccc5[nH]cc(c45)C[C@H]3N(C)C2)cc1. The van der Waals surface area contributed by atoms with Gasteiger partial charge in [0.1, 0.15) is 0 Å². The number of aryl methyl sites for hydroxylation is 1. The summed E-state index contributed by atoms with van der Waals surface area (Å²) in [7, 11) is -1.65. The number of nitrogens with zero attached hydrogens (tertiary/aromatic N) is 1. The van der Waals surface area contributed by atoms with Crippen LogP contribution in [0.15, 0.2) is 59.6 Å². The van der Waals surface area contributed by atoms with Crippen molar-refractivity contribution in [2.75, 3.05) is 20.2 Å². The van der Waals surface area contributed by atoms with Gasteiger partial charge in [-0.2, -0.15) is 8.42 Å². The Bertz CT molecular complexity index is 1210. The average molecular weight is 409 g/mol. The molecule has 0 fully saturated rings. The van der Waals surface area contributed by atoms with Crippen LogP contribution in [0.4, 0.5) is 0 Å². The Morgan fingerprint density at radius 3 is 2.76 bits per heavy atom. The first kappa shape index (κ1) is 18.6. The normalized spacial score (nSPS) is 21.8. The number of H-pyrrole nitrogens is 1. The summed E-state index contributed by atoms with van der Waals surface area (Å²) in [4.78, 5) is 5.89. The molecule has 0 saturated carbocycles. The second-order valence-corrected chi connectivity index (χ2v) is 9.75. The molecule has 0 saturated heterocycles. The first-order chi connectivity index (χ1) is 13.9. The standard InChI is InChI=1S/C23H24N2O3S/c1-15-6-8-18(9-7-15)29(26,27)28-14-16-10-20-19-4-3-5-21-23(19)17(12-24-21)11-22(20)25(2)13-16/h3-10,12,16,22,24H,11,13-14H2,1-2H3/t16-,22+/m0/s1. The largest absolute Gasteiger partial charge is 0.361 e. The molecule has 1 aromatic heterocycles. The summed E-state index contributed by atoms with van der Waals surface area (Å²) in [5.41, 5.74) is 6.04. The van der Waals surface area contributed by atoms with E-state index in [4.69, 9.17) is 4.18 Å². The first-order valence-electron chi connectivity index (χ1n) is 9.90. The Balaban J connectivity index is 1.43. The lowest BCUT2D eigenvalue weighted by Gasteiger charge is -2.39. The molecule has 0 amide bonds. The summed E-state index contributed by atoms with van der Waals surface area (Å²) in [5, 5.41) is 1.29. The highest BCUT2D eigenvalue weighted by Gasteiger charge is 2.34. The molecule has 29 heavy (non-hydrogen) atoms. The van der Waals surface area contributed by atoms with Crippen molar-refractivity contribution in [2.45, 2.75) is 24.3 Å². The molecule has 6 heteroatoms. The predicted molar refractivity (Wildman–Crippen MR) is 114 cm³/mol. The van der Waals surface area contributed by atoms with Crippen molar-refractivity contribution in [1.29, 1.82) is 0 Å². The second-order valence-electron chi connectivity index (χ2n) is 8.14. The lowest BCUT2D eigenvalue weighted by Crippen LogP contribution is -2.43. The van der Waals surface area contributed by atoms with Gasteiger partial charge in [-0.3, -0.25) is 9.08 Å². The van der Waals surface area contributed by atoms with Crippen molar-refractivity contribution < 1.29 is 12.6 Å².